The van der Waals surface area contributed by atoms with Crippen molar-refractivity contribution in [1.29, 1.82) is 0 Å². The molecule has 1 aromatic rings. The Labute approximate surface area is 144 Å². The van der Waals surface area contributed by atoms with Crippen LogP contribution in [0.5, 0.6) is 0 Å². The summed E-state index contributed by atoms with van der Waals surface area (Å²) >= 11 is 1.64. The maximum absolute atomic E-state index is 12.2. The van der Waals surface area contributed by atoms with Gasteiger partial charge in [0.15, 0.2) is 12.6 Å². The lowest BCUT2D eigenvalue weighted by Crippen LogP contribution is -2.65. The van der Waals surface area contributed by atoms with Crippen LogP contribution in [0.25, 0.3) is 0 Å². The fourth-order valence-corrected chi connectivity index (χ4v) is 4.47. The van der Waals surface area contributed by atoms with Crippen LogP contribution >= 0.6 is 11.8 Å². The third-order valence-corrected chi connectivity index (χ3v) is 5.81. The summed E-state index contributed by atoms with van der Waals surface area (Å²) in [4.78, 5) is 25.8. The molecule has 10 heteroatoms. The molecule has 0 aromatic carbocycles. The predicted octanol–water partition coefficient (Wildman–Crippen LogP) is 0.282. The van der Waals surface area contributed by atoms with Crippen LogP contribution in [0.4, 0.5) is 0 Å². The van der Waals surface area contributed by atoms with E-state index in [2.05, 4.69) is 15.5 Å². The maximum Gasteiger partial charge on any atom is 0.313 e. The van der Waals surface area contributed by atoms with Gasteiger partial charge in [0.2, 0.25) is 5.91 Å². The summed E-state index contributed by atoms with van der Waals surface area (Å²) in [6, 6.07) is -0.800. The average Bonchev–Trinajstić information content (AvgIpc) is 3.03. The second-order valence-electron chi connectivity index (χ2n) is 7.63. The van der Waals surface area contributed by atoms with Crippen molar-refractivity contribution in [2.24, 2.45) is 11.1 Å². The van der Waals surface area contributed by atoms with Crippen molar-refractivity contribution in [3.8, 4) is 0 Å². The lowest BCUT2D eigenvalue weighted by Gasteiger charge is -2.42. The largest absolute Gasteiger partial charge is 0.442 e. The molecule has 2 unspecified atom stereocenters. The number of tetrazole rings is 1. The van der Waals surface area contributed by atoms with Gasteiger partial charge < -0.3 is 15.4 Å². The van der Waals surface area contributed by atoms with Gasteiger partial charge in [-0.2, -0.15) is 4.68 Å². The molecule has 3 heterocycles. The number of nitrogens with two attached hydrogens (primary N) is 1. The van der Waals surface area contributed by atoms with Gasteiger partial charge in [-0.1, -0.05) is 0 Å². The van der Waals surface area contributed by atoms with Crippen molar-refractivity contribution in [3.63, 3.8) is 0 Å². The molecular weight excluding hydrogens is 332 g/mol. The van der Waals surface area contributed by atoms with Crippen molar-refractivity contribution >= 4 is 23.6 Å². The predicted molar refractivity (Wildman–Crippen MR) is 86.4 cm³/mol. The van der Waals surface area contributed by atoms with Gasteiger partial charge in [0, 0.05) is 4.75 Å². The van der Waals surface area contributed by atoms with Gasteiger partial charge in [0.05, 0.1) is 5.41 Å². The first kappa shape index (κ1) is 17.2. The molecule has 132 valence electrons. The molecule has 9 nitrogen and oxygen atoms in total. The molecule has 3 atom stereocenters. The van der Waals surface area contributed by atoms with E-state index in [9.17, 15) is 9.59 Å². The zero-order valence-electron chi connectivity index (χ0n) is 14.4. The molecule has 0 radical (unpaired) electrons. The summed E-state index contributed by atoms with van der Waals surface area (Å²) in [6.07, 6.45) is 0. The van der Waals surface area contributed by atoms with Gasteiger partial charge in [-0.15, -0.1) is 16.9 Å². The van der Waals surface area contributed by atoms with Crippen LogP contribution in [0.3, 0.4) is 0 Å². The van der Waals surface area contributed by atoms with Crippen LogP contribution in [0.1, 0.15) is 46.5 Å². The van der Waals surface area contributed by atoms with E-state index in [0.717, 1.165) is 0 Å². The highest BCUT2D eigenvalue weighted by Crippen LogP contribution is 2.56. The fraction of sp³-hybridized carbons (Fsp3) is 0.786. The minimum absolute atomic E-state index is 0.0697. The van der Waals surface area contributed by atoms with Gasteiger partial charge in [-0.25, -0.2) is 0 Å². The Kier molecular flexibility index (Phi) is 3.87. The Morgan fingerprint density at radius 2 is 2.08 bits per heavy atom. The number of amides is 1. The highest BCUT2D eigenvalue weighted by Gasteiger charge is 2.62. The zero-order chi connectivity index (χ0) is 17.9. The third kappa shape index (κ3) is 2.57. The molecule has 1 aromatic heterocycles. The van der Waals surface area contributed by atoms with Crippen molar-refractivity contribution in [1.82, 2.24) is 25.1 Å². The quantitative estimate of drug-likeness (QED) is 0.608. The summed E-state index contributed by atoms with van der Waals surface area (Å²) in [6.45, 7) is 9.29. The molecule has 0 aliphatic carbocycles. The first-order valence-electron chi connectivity index (χ1n) is 7.73. The number of thioether (sulfide) groups is 1. The zero-order valence-corrected chi connectivity index (χ0v) is 15.2. The number of fused-ring (bicyclic) bond motifs is 1. The van der Waals surface area contributed by atoms with E-state index >= 15 is 0 Å². The van der Waals surface area contributed by atoms with Gasteiger partial charge in [-0.05, 0) is 45.0 Å². The SMILES string of the molecule is CC(C)(C)C(=O)OCn1nnnc1C1N2C(=O)C(N)[C@H]2SC1(C)C. The van der Waals surface area contributed by atoms with E-state index in [-0.39, 0.29) is 34.8 Å². The van der Waals surface area contributed by atoms with Crippen molar-refractivity contribution < 1.29 is 14.3 Å². The highest BCUT2D eigenvalue weighted by atomic mass is 32.2. The average molecular weight is 354 g/mol. The molecule has 2 N–H and O–H groups in total. The van der Waals surface area contributed by atoms with E-state index < -0.39 is 11.5 Å². The summed E-state index contributed by atoms with van der Waals surface area (Å²) < 4.78 is 6.42. The first-order valence-corrected chi connectivity index (χ1v) is 8.61. The van der Waals surface area contributed by atoms with Crippen molar-refractivity contribution in [2.45, 2.75) is 63.6 Å². The molecule has 3 rings (SSSR count). The molecule has 24 heavy (non-hydrogen) atoms. The van der Waals surface area contributed by atoms with Crippen LogP contribution in [0.15, 0.2) is 0 Å². The van der Waals surface area contributed by atoms with E-state index in [1.54, 1.807) is 37.4 Å². The topological polar surface area (TPSA) is 116 Å². The fourth-order valence-electron chi connectivity index (χ4n) is 2.90. The lowest BCUT2D eigenvalue weighted by molar-refractivity contribution is -0.158. The normalized spacial score (nSPS) is 28.5. The number of nitrogens with zero attached hydrogens (tertiary/aromatic N) is 5. The number of rotatable bonds is 3. The second kappa shape index (κ2) is 5.41. The lowest BCUT2D eigenvalue weighted by atomic mass is 9.95. The van der Waals surface area contributed by atoms with Crippen LogP contribution in [-0.2, 0) is 21.1 Å². The number of aromatic nitrogens is 4. The van der Waals surface area contributed by atoms with E-state index in [4.69, 9.17) is 10.5 Å². The number of carbonyl (C=O) groups is 2. The van der Waals surface area contributed by atoms with Crippen LogP contribution in [0.2, 0.25) is 0 Å². The van der Waals surface area contributed by atoms with Gasteiger partial charge in [0.25, 0.3) is 0 Å². The Morgan fingerprint density at radius 1 is 1.42 bits per heavy atom. The number of β-lactam (4-membered cyclic amide) rings is 1. The van der Waals surface area contributed by atoms with Crippen LogP contribution < -0.4 is 5.73 Å². The van der Waals surface area contributed by atoms with Gasteiger partial charge >= 0.3 is 5.97 Å². The number of hydrogen-bond acceptors (Lipinski definition) is 8. The Hall–Kier alpha value is -1.68. The third-order valence-electron chi connectivity index (χ3n) is 4.22. The summed E-state index contributed by atoms with van der Waals surface area (Å²) in [5.74, 6) is 0.0465. The highest BCUT2D eigenvalue weighted by molar-refractivity contribution is 8.01. The summed E-state index contributed by atoms with van der Waals surface area (Å²) in [5, 5.41) is 11.6. The van der Waals surface area contributed by atoms with Gasteiger partial charge in [0.1, 0.15) is 17.5 Å². The van der Waals surface area contributed by atoms with Crippen LogP contribution in [0, 0.1) is 5.41 Å². The van der Waals surface area contributed by atoms with Crippen molar-refractivity contribution in [3.05, 3.63) is 5.82 Å². The molecule has 2 fully saturated rings. The molecule has 2 saturated heterocycles. The summed E-state index contributed by atoms with van der Waals surface area (Å²) in [5.41, 5.74) is 5.28. The molecule has 0 bridgehead atoms. The number of esters is 1. The minimum atomic E-state index is -0.609. The van der Waals surface area contributed by atoms with Crippen LogP contribution in [-0.4, -0.2) is 53.1 Å². The minimum Gasteiger partial charge on any atom is -0.442 e. The Bertz CT molecular complexity index is 682. The maximum atomic E-state index is 12.2. The molecule has 0 spiro atoms. The van der Waals surface area contributed by atoms with Gasteiger partial charge in [-0.3, -0.25) is 9.59 Å². The molecule has 0 saturated carbocycles. The van der Waals surface area contributed by atoms with Crippen molar-refractivity contribution in [2.75, 3.05) is 0 Å². The monoisotopic (exact) mass is 354 g/mol. The molecule has 2 aliphatic heterocycles. The Morgan fingerprint density at radius 3 is 2.71 bits per heavy atom. The Balaban J connectivity index is 1.82. The smallest absolute Gasteiger partial charge is 0.313 e. The standard InChI is InChI=1S/C14H22N6O3S/c1-13(2,3)12(22)23-6-19-9(16-17-18-19)8-14(4,5)24-11-7(15)10(21)20(8)11/h7-8,11H,6,15H2,1-5H3/t7?,8?,11-/m1/s1. The van der Waals surface area contributed by atoms with E-state index in [0.29, 0.717) is 5.82 Å². The molecular formula is C14H22N6O3S. The summed E-state index contributed by atoms with van der Waals surface area (Å²) in [7, 11) is 0. The number of carbonyl (C=O) groups excluding carboxylic acids is 2. The number of ether oxygens (including phenoxy) is 1. The molecule has 1 amide bonds. The first-order chi connectivity index (χ1) is 11.0. The second-order valence-corrected chi connectivity index (χ2v) is 9.40. The van der Waals surface area contributed by atoms with E-state index in [1.807, 2.05) is 13.8 Å². The molecule has 2 aliphatic rings. The number of hydrogen-bond donors (Lipinski definition) is 1. The van der Waals surface area contributed by atoms with E-state index in [1.165, 1.54) is 4.68 Å².